The van der Waals surface area contributed by atoms with E-state index in [1.54, 1.807) is 7.11 Å². The number of aryl methyl sites for hydroxylation is 2. The molecule has 0 fully saturated rings. The van der Waals surface area contributed by atoms with Crippen molar-refractivity contribution in [3.8, 4) is 11.5 Å². The molecule has 1 aliphatic heterocycles. The van der Waals surface area contributed by atoms with Gasteiger partial charge in [0.2, 0.25) is 18.7 Å². The number of ether oxygens (including phenoxy) is 3. The Morgan fingerprint density at radius 3 is 2.69 bits per heavy atom. The van der Waals surface area contributed by atoms with Crippen LogP contribution in [-0.2, 0) is 11.3 Å². The monoisotopic (exact) mass is 416 g/mol. The van der Waals surface area contributed by atoms with Crippen molar-refractivity contribution in [2.75, 3.05) is 32.4 Å². The zero-order chi connectivity index (χ0) is 20.6. The number of nitrogens with zero attached hydrogens (tertiary/aromatic N) is 3. The number of hydrogen-bond acceptors (Lipinski definition) is 7. The first-order valence-electron chi connectivity index (χ1n) is 9.09. The third-order valence-electron chi connectivity index (χ3n) is 3.89. The average Bonchev–Trinajstić information content (AvgIpc) is 3.13. The van der Waals surface area contributed by atoms with Crippen LogP contribution in [0.1, 0.15) is 17.0 Å². The first kappa shape index (κ1) is 20.7. The molecule has 9 nitrogen and oxygen atoms in total. The summed E-state index contributed by atoms with van der Waals surface area (Å²) in [4.78, 5) is 13.4. The third kappa shape index (κ3) is 6.26. The molecule has 1 aromatic heterocycles. The molecule has 1 aromatic carbocycles. The van der Waals surface area contributed by atoms with E-state index < -0.39 is 0 Å². The summed E-state index contributed by atoms with van der Waals surface area (Å²) in [6.45, 7) is 5.58. The van der Waals surface area contributed by atoms with E-state index in [1.165, 1.54) is 0 Å². The van der Waals surface area contributed by atoms with Gasteiger partial charge in [0.1, 0.15) is 0 Å². The van der Waals surface area contributed by atoms with E-state index in [-0.39, 0.29) is 6.79 Å². The molecule has 2 aromatic rings. The second-order valence-corrected chi connectivity index (χ2v) is 6.73. The summed E-state index contributed by atoms with van der Waals surface area (Å²) >= 11 is 5.33. The van der Waals surface area contributed by atoms with Crippen molar-refractivity contribution in [2.24, 2.45) is 4.99 Å². The predicted octanol–water partition coefficient (Wildman–Crippen LogP) is 1.90. The number of thiocarbonyl (C=S) groups is 1. The minimum Gasteiger partial charge on any atom is -0.454 e. The Kier molecular flexibility index (Phi) is 7.14. The van der Waals surface area contributed by atoms with Gasteiger partial charge in [-0.25, -0.2) is 15.0 Å². The van der Waals surface area contributed by atoms with Gasteiger partial charge in [-0.3, -0.25) is 5.32 Å². The quantitative estimate of drug-likeness (QED) is 0.282. The molecule has 0 bridgehead atoms. The number of methoxy groups -OCH3 is 1. The Labute approximate surface area is 174 Å². The van der Waals surface area contributed by atoms with Crippen LogP contribution in [0.15, 0.2) is 29.3 Å². The predicted molar refractivity (Wildman–Crippen MR) is 114 cm³/mol. The van der Waals surface area contributed by atoms with E-state index in [9.17, 15) is 0 Å². The van der Waals surface area contributed by atoms with E-state index in [0.29, 0.717) is 36.7 Å². The molecule has 1 aliphatic rings. The van der Waals surface area contributed by atoms with Crippen molar-refractivity contribution in [1.29, 1.82) is 0 Å². The second-order valence-electron chi connectivity index (χ2n) is 6.33. The second kappa shape index (κ2) is 9.99. The largest absolute Gasteiger partial charge is 0.454 e. The highest BCUT2D eigenvalue weighted by molar-refractivity contribution is 7.80. The zero-order valence-corrected chi connectivity index (χ0v) is 17.4. The minimum atomic E-state index is 0.238. The summed E-state index contributed by atoms with van der Waals surface area (Å²) in [5.41, 5.74) is 2.68. The lowest BCUT2D eigenvalue weighted by Gasteiger charge is -2.14. The van der Waals surface area contributed by atoms with E-state index in [4.69, 9.17) is 26.4 Å². The lowest BCUT2D eigenvalue weighted by atomic mass is 10.2. The van der Waals surface area contributed by atoms with Crippen molar-refractivity contribution < 1.29 is 14.2 Å². The fourth-order valence-corrected chi connectivity index (χ4v) is 2.82. The fraction of sp³-hybridized carbons (Fsp3) is 0.368. The number of aliphatic imine (C=N–C) groups is 1. The highest BCUT2D eigenvalue weighted by Crippen LogP contribution is 2.32. The summed E-state index contributed by atoms with van der Waals surface area (Å²) < 4.78 is 15.8. The first-order valence-corrected chi connectivity index (χ1v) is 9.50. The molecule has 0 unspecified atom stereocenters. The molecule has 2 heterocycles. The number of hydrogen-bond donors (Lipinski definition) is 3. The minimum absolute atomic E-state index is 0.238. The molecule has 0 spiro atoms. The summed E-state index contributed by atoms with van der Waals surface area (Å²) in [6, 6.07) is 7.62. The van der Waals surface area contributed by atoms with E-state index in [0.717, 1.165) is 28.5 Å². The Morgan fingerprint density at radius 2 is 1.93 bits per heavy atom. The molecule has 29 heavy (non-hydrogen) atoms. The molecule has 0 saturated heterocycles. The number of guanidine groups is 1. The SMILES string of the molecule is COCCNC(=S)NC(=NCc1ccc2c(c1)OCO2)Nc1nc(C)cc(C)n1. The molecule has 0 saturated carbocycles. The van der Waals surface area contributed by atoms with Gasteiger partial charge in [0, 0.05) is 25.0 Å². The molecule has 0 radical (unpaired) electrons. The fourth-order valence-electron chi connectivity index (χ4n) is 2.63. The molecule has 0 atom stereocenters. The van der Waals surface area contributed by atoms with Crippen molar-refractivity contribution in [2.45, 2.75) is 20.4 Å². The van der Waals surface area contributed by atoms with Gasteiger partial charge in [-0.15, -0.1) is 0 Å². The highest BCUT2D eigenvalue weighted by Gasteiger charge is 2.13. The highest BCUT2D eigenvalue weighted by atomic mass is 32.1. The van der Waals surface area contributed by atoms with Gasteiger partial charge in [0.15, 0.2) is 16.6 Å². The Hall–Kier alpha value is -2.98. The number of fused-ring (bicyclic) bond motifs is 1. The Balaban J connectivity index is 1.73. The van der Waals surface area contributed by atoms with Crippen molar-refractivity contribution >= 4 is 29.2 Å². The summed E-state index contributed by atoms with van der Waals surface area (Å²) in [6.07, 6.45) is 0. The standard InChI is InChI=1S/C19H24N6O3S/c1-12-8-13(2)23-18(22-12)24-17(25-19(29)20-6-7-26-3)21-10-14-4-5-15-16(9-14)28-11-27-15/h4-5,8-9H,6-7,10-11H2,1-3H3,(H3,20,21,22,23,24,25,29). The Morgan fingerprint density at radius 1 is 1.17 bits per heavy atom. The van der Waals surface area contributed by atoms with Crippen molar-refractivity contribution in [3.63, 3.8) is 0 Å². The number of anilines is 1. The topological polar surface area (TPSA) is 102 Å². The van der Waals surface area contributed by atoms with Crippen LogP contribution in [0.5, 0.6) is 11.5 Å². The Bertz CT molecular complexity index is 885. The zero-order valence-electron chi connectivity index (χ0n) is 16.6. The lowest BCUT2D eigenvalue weighted by Crippen LogP contribution is -2.43. The maximum Gasteiger partial charge on any atom is 0.231 e. The normalized spacial score (nSPS) is 12.6. The van der Waals surface area contributed by atoms with Crippen LogP contribution in [0.25, 0.3) is 0 Å². The van der Waals surface area contributed by atoms with Crippen LogP contribution in [0, 0.1) is 13.8 Å². The van der Waals surface area contributed by atoms with E-state index in [1.807, 2.05) is 38.1 Å². The smallest absolute Gasteiger partial charge is 0.231 e. The maximum atomic E-state index is 5.42. The van der Waals surface area contributed by atoms with E-state index >= 15 is 0 Å². The number of aromatic nitrogens is 2. The first-order chi connectivity index (χ1) is 14.0. The summed E-state index contributed by atoms with van der Waals surface area (Å²) in [7, 11) is 1.63. The van der Waals surface area contributed by atoms with Gasteiger partial charge in [-0.1, -0.05) is 6.07 Å². The van der Waals surface area contributed by atoms with Crippen LogP contribution < -0.4 is 25.4 Å². The lowest BCUT2D eigenvalue weighted by molar-refractivity contribution is 0.174. The average molecular weight is 417 g/mol. The third-order valence-corrected chi connectivity index (χ3v) is 4.14. The van der Waals surface area contributed by atoms with Gasteiger partial charge in [-0.2, -0.15) is 0 Å². The molecular formula is C19H24N6O3S. The van der Waals surface area contributed by atoms with Gasteiger partial charge < -0.3 is 24.8 Å². The molecule has 0 amide bonds. The summed E-state index contributed by atoms with van der Waals surface area (Å²) in [5.74, 6) is 2.33. The van der Waals surface area contributed by atoms with Crippen LogP contribution in [-0.4, -0.2) is 48.1 Å². The van der Waals surface area contributed by atoms with Crippen LogP contribution in [0.4, 0.5) is 5.95 Å². The molecule has 3 N–H and O–H groups in total. The molecule has 0 aliphatic carbocycles. The van der Waals surface area contributed by atoms with Crippen molar-refractivity contribution in [1.82, 2.24) is 20.6 Å². The van der Waals surface area contributed by atoms with Gasteiger partial charge in [0.05, 0.1) is 13.2 Å². The molecule has 3 rings (SSSR count). The van der Waals surface area contributed by atoms with Gasteiger partial charge >= 0.3 is 0 Å². The van der Waals surface area contributed by atoms with Gasteiger partial charge in [0.25, 0.3) is 0 Å². The van der Waals surface area contributed by atoms with Gasteiger partial charge in [-0.05, 0) is 49.8 Å². The van der Waals surface area contributed by atoms with Crippen LogP contribution in [0.3, 0.4) is 0 Å². The number of benzene rings is 1. The van der Waals surface area contributed by atoms with Crippen LogP contribution >= 0.6 is 12.2 Å². The number of rotatable bonds is 6. The molecule has 154 valence electrons. The molecular weight excluding hydrogens is 392 g/mol. The van der Waals surface area contributed by atoms with Crippen LogP contribution in [0.2, 0.25) is 0 Å². The van der Waals surface area contributed by atoms with E-state index in [2.05, 4.69) is 30.9 Å². The summed E-state index contributed by atoms with van der Waals surface area (Å²) in [5, 5.41) is 9.63. The number of nitrogens with one attached hydrogen (secondary N) is 3. The molecule has 10 heteroatoms. The van der Waals surface area contributed by atoms with Crippen molar-refractivity contribution in [3.05, 3.63) is 41.2 Å². The maximum absolute atomic E-state index is 5.42.